The Labute approximate surface area is 103 Å². The molecule has 15 heavy (non-hydrogen) atoms. The van der Waals surface area contributed by atoms with Gasteiger partial charge in [0.1, 0.15) is 0 Å². The first-order valence-electron chi connectivity index (χ1n) is 4.78. The number of benzene rings is 1. The van der Waals surface area contributed by atoms with Crippen molar-refractivity contribution in [2.45, 2.75) is 18.7 Å². The van der Waals surface area contributed by atoms with E-state index in [2.05, 4.69) is 22.9 Å². The van der Waals surface area contributed by atoms with Gasteiger partial charge in [-0.2, -0.15) is 0 Å². The van der Waals surface area contributed by atoms with Crippen LogP contribution in [0.15, 0.2) is 27.6 Å². The lowest BCUT2D eigenvalue weighted by Crippen LogP contribution is -2.05. The van der Waals surface area contributed by atoms with E-state index >= 15 is 0 Å². The molecule has 1 rings (SSSR count). The summed E-state index contributed by atoms with van der Waals surface area (Å²) in [6, 6.07) is 5.72. The van der Waals surface area contributed by atoms with Gasteiger partial charge in [-0.05, 0) is 46.8 Å². The van der Waals surface area contributed by atoms with Crippen LogP contribution < -0.4 is 0 Å². The van der Waals surface area contributed by atoms with Gasteiger partial charge in [0.15, 0.2) is 0 Å². The molecule has 0 spiro atoms. The molecule has 82 valence electrons. The Kier molecular flexibility index (Phi) is 5.19. The second-order valence-electron chi connectivity index (χ2n) is 2.80. The summed E-state index contributed by atoms with van der Waals surface area (Å²) in [4.78, 5) is 12.6. The van der Waals surface area contributed by atoms with Crippen molar-refractivity contribution < 1.29 is 9.53 Å². The van der Waals surface area contributed by atoms with E-state index in [1.807, 2.05) is 18.2 Å². The van der Waals surface area contributed by atoms with Gasteiger partial charge in [-0.1, -0.05) is 6.92 Å². The van der Waals surface area contributed by atoms with E-state index in [0.29, 0.717) is 12.2 Å². The Balaban J connectivity index is 2.94. The summed E-state index contributed by atoms with van der Waals surface area (Å²) in [5.41, 5.74) is 0.593. The van der Waals surface area contributed by atoms with Crippen LogP contribution in [-0.2, 0) is 4.74 Å². The summed E-state index contributed by atoms with van der Waals surface area (Å²) >= 11 is 5.05. The van der Waals surface area contributed by atoms with Crippen molar-refractivity contribution in [3.8, 4) is 0 Å². The molecule has 0 aliphatic rings. The Hall–Kier alpha value is -0.480. The molecule has 0 heterocycles. The lowest BCUT2D eigenvalue weighted by Gasteiger charge is -2.06. The van der Waals surface area contributed by atoms with Crippen LogP contribution in [0.5, 0.6) is 0 Å². The zero-order valence-corrected chi connectivity index (χ0v) is 11.2. The minimum atomic E-state index is -0.275. The van der Waals surface area contributed by atoms with Crippen molar-refractivity contribution in [2.24, 2.45) is 0 Å². The number of carbonyl (C=O) groups is 1. The van der Waals surface area contributed by atoms with Gasteiger partial charge < -0.3 is 4.74 Å². The highest BCUT2D eigenvalue weighted by molar-refractivity contribution is 9.10. The van der Waals surface area contributed by atoms with Gasteiger partial charge in [0.25, 0.3) is 0 Å². The number of carbonyl (C=O) groups excluding carboxylic acids is 1. The van der Waals surface area contributed by atoms with Crippen LogP contribution in [0.25, 0.3) is 0 Å². The standard InChI is InChI=1S/C11H13BrO2S/c1-3-14-11(13)9-7-8(15-4-2)5-6-10(9)12/h5-7H,3-4H2,1-2H3. The van der Waals surface area contributed by atoms with E-state index in [4.69, 9.17) is 4.74 Å². The molecule has 0 saturated carbocycles. The third-order valence-electron chi connectivity index (χ3n) is 1.74. The molecule has 0 amide bonds. The van der Waals surface area contributed by atoms with Gasteiger partial charge in [0.2, 0.25) is 0 Å². The van der Waals surface area contributed by atoms with E-state index in [9.17, 15) is 4.79 Å². The maximum Gasteiger partial charge on any atom is 0.339 e. The average Bonchev–Trinajstić information content (AvgIpc) is 2.21. The molecule has 0 radical (unpaired) electrons. The lowest BCUT2D eigenvalue weighted by molar-refractivity contribution is 0.0525. The molecule has 1 aromatic rings. The lowest BCUT2D eigenvalue weighted by atomic mass is 10.2. The first-order chi connectivity index (χ1) is 7.19. The summed E-state index contributed by atoms with van der Waals surface area (Å²) in [5.74, 6) is 0.715. The predicted octanol–water partition coefficient (Wildman–Crippen LogP) is 3.74. The molecule has 0 aromatic heterocycles. The Morgan fingerprint density at radius 1 is 1.47 bits per heavy atom. The normalized spacial score (nSPS) is 10.1. The third-order valence-corrected chi connectivity index (χ3v) is 3.31. The molecule has 1 aromatic carbocycles. The molecule has 0 N–H and O–H groups in total. The number of esters is 1. The van der Waals surface area contributed by atoms with E-state index in [-0.39, 0.29) is 5.97 Å². The monoisotopic (exact) mass is 288 g/mol. The first kappa shape index (κ1) is 12.6. The number of hydrogen-bond acceptors (Lipinski definition) is 3. The molecule has 0 unspecified atom stereocenters. The van der Waals surface area contributed by atoms with Crippen LogP contribution in [0.3, 0.4) is 0 Å². The van der Waals surface area contributed by atoms with Crippen LogP contribution in [-0.4, -0.2) is 18.3 Å². The van der Waals surface area contributed by atoms with E-state index in [0.717, 1.165) is 15.1 Å². The molecule has 0 aliphatic carbocycles. The third kappa shape index (κ3) is 3.54. The molecule has 4 heteroatoms. The molecular formula is C11H13BrO2S. The van der Waals surface area contributed by atoms with Crippen molar-refractivity contribution in [1.82, 2.24) is 0 Å². The zero-order chi connectivity index (χ0) is 11.3. The van der Waals surface area contributed by atoms with Gasteiger partial charge in [-0.15, -0.1) is 11.8 Å². The van der Waals surface area contributed by atoms with Crippen molar-refractivity contribution in [3.63, 3.8) is 0 Å². The smallest absolute Gasteiger partial charge is 0.339 e. The zero-order valence-electron chi connectivity index (χ0n) is 8.75. The van der Waals surface area contributed by atoms with Crippen LogP contribution in [0.1, 0.15) is 24.2 Å². The topological polar surface area (TPSA) is 26.3 Å². The number of halogens is 1. The van der Waals surface area contributed by atoms with Crippen molar-refractivity contribution in [1.29, 1.82) is 0 Å². The predicted molar refractivity (Wildman–Crippen MR) is 66.5 cm³/mol. The summed E-state index contributed by atoms with van der Waals surface area (Å²) in [5, 5.41) is 0. The minimum Gasteiger partial charge on any atom is -0.462 e. The highest BCUT2D eigenvalue weighted by Gasteiger charge is 2.11. The molecule has 2 nitrogen and oxygen atoms in total. The summed E-state index contributed by atoms with van der Waals surface area (Å²) < 4.78 is 5.74. The number of hydrogen-bond donors (Lipinski definition) is 0. The number of ether oxygens (including phenoxy) is 1. The average molecular weight is 289 g/mol. The molecule has 0 saturated heterocycles. The molecule has 0 bridgehead atoms. The van der Waals surface area contributed by atoms with Crippen LogP contribution >= 0.6 is 27.7 Å². The summed E-state index contributed by atoms with van der Waals surface area (Å²) in [6.07, 6.45) is 0. The summed E-state index contributed by atoms with van der Waals surface area (Å²) in [7, 11) is 0. The summed E-state index contributed by atoms with van der Waals surface area (Å²) in [6.45, 7) is 4.28. The van der Waals surface area contributed by atoms with E-state index in [1.54, 1.807) is 18.7 Å². The minimum absolute atomic E-state index is 0.275. The van der Waals surface area contributed by atoms with Gasteiger partial charge in [-0.3, -0.25) is 0 Å². The number of thioether (sulfide) groups is 1. The quantitative estimate of drug-likeness (QED) is 0.624. The Bertz CT molecular complexity index is 352. The Morgan fingerprint density at radius 2 is 2.20 bits per heavy atom. The number of rotatable bonds is 4. The van der Waals surface area contributed by atoms with Gasteiger partial charge in [0.05, 0.1) is 12.2 Å². The molecule has 0 fully saturated rings. The van der Waals surface area contributed by atoms with E-state index < -0.39 is 0 Å². The van der Waals surface area contributed by atoms with E-state index in [1.165, 1.54) is 0 Å². The first-order valence-corrected chi connectivity index (χ1v) is 6.56. The SMILES string of the molecule is CCOC(=O)c1cc(SCC)ccc1Br. The van der Waals surface area contributed by atoms with Crippen LogP contribution in [0.4, 0.5) is 0 Å². The molecule has 0 aliphatic heterocycles. The largest absolute Gasteiger partial charge is 0.462 e. The Morgan fingerprint density at radius 3 is 2.80 bits per heavy atom. The van der Waals surface area contributed by atoms with Gasteiger partial charge in [0, 0.05) is 9.37 Å². The highest BCUT2D eigenvalue weighted by Crippen LogP contribution is 2.25. The fourth-order valence-corrected chi connectivity index (χ4v) is 2.23. The van der Waals surface area contributed by atoms with Gasteiger partial charge in [-0.25, -0.2) is 4.79 Å². The fraction of sp³-hybridized carbons (Fsp3) is 0.364. The van der Waals surface area contributed by atoms with Crippen LogP contribution in [0.2, 0.25) is 0 Å². The second-order valence-corrected chi connectivity index (χ2v) is 4.99. The molecule has 0 atom stereocenters. The second kappa shape index (κ2) is 6.18. The van der Waals surface area contributed by atoms with Crippen molar-refractivity contribution in [2.75, 3.05) is 12.4 Å². The van der Waals surface area contributed by atoms with Gasteiger partial charge >= 0.3 is 5.97 Å². The maximum atomic E-state index is 11.6. The maximum absolute atomic E-state index is 11.6. The fourth-order valence-electron chi connectivity index (χ4n) is 1.13. The highest BCUT2D eigenvalue weighted by atomic mass is 79.9. The van der Waals surface area contributed by atoms with Crippen molar-refractivity contribution in [3.05, 3.63) is 28.2 Å². The van der Waals surface area contributed by atoms with Crippen LogP contribution in [0, 0.1) is 0 Å². The molecular weight excluding hydrogens is 276 g/mol. The van der Waals surface area contributed by atoms with Crippen molar-refractivity contribution >= 4 is 33.7 Å².